The molecule has 0 bridgehead atoms. The maximum atomic E-state index is 13.8. The predicted molar refractivity (Wildman–Crippen MR) is 199 cm³/mol. The van der Waals surface area contributed by atoms with Crippen molar-refractivity contribution in [3.8, 4) is 0 Å². The van der Waals surface area contributed by atoms with E-state index in [-0.39, 0.29) is 36.9 Å². The van der Waals surface area contributed by atoms with Crippen LogP contribution < -0.4 is 10.6 Å². The number of thioether (sulfide) groups is 1. The fourth-order valence-electron chi connectivity index (χ4n) is 4.84. The van der Waals surface area contributed by atoms with Crippen LogP contribution in [0.2, 0.25) is 0 Å². The molecule has 0 saturated heterocycles. The van der Waals surface area contributed by atoms with Crippen LogP contribution >= 0.6 is 11.8 Å². The number of sulfonamides is 1. The van der Waals surface area contributed by atoms with Crippen LogP contribution in [0.1, 0.15) is 45.7 Å². The second kappa shape index (κ2) is 20.7. The number of benzene rings is 3. The minimum Gasteiger partial charge on any atom is -0.445 e. The fraction of sp³-hybridized carbons (Fsp3) is 0.432. The number of alkyl carbamates (subject to hydrolysis) is 1. The smallest absolute Gasteiger partial charge is 0.408 e. The van der Waals surface area contributed by atoms with E-state index in [4.69, 9.17) is 4.74 Å². The maximum absolute atomic E-state index is 13.8. The van der Waals surface area contributed by atoms with Crippen molar-refractivity contribution < 1.29 is 27.9 Å². The Balaban J connectivity index is 0.00000155. The molecule has 3 rings (SSSR count). The van der Waals surface area contributed by atoms with E-state index in [0.29, 0.717) is 0 Å². The highest BCUT2D eigenvalue weighted by atomic mass is 32.2. The number of rotatable bonds is 15. The number of carbonyl (C=O) groups is 2. The van der Waals surface area contributed by atoms with Crippen molar-refractivity contribution in [2.75, 3.05) is 26.4 Å². The van der Waals surface area contributed by atoms with Crippen LogP contribution in [0.15, 0.2) is 101 Å². The van der Waals surface area contributed by atoms with E-state index in [1.54, 1.807) is 42.6 Å². The molecule has 0 unspecified atom stereocenters. The lowest BCUT2D eigenvalue weighted by molar-refractivity contribution is -0.127. The highest BCUT2D eigenvalue weighted by Gasteiger charge is 2.37. The molecule has 0 heterocycles. The summed E-state index contributed by atoms with van der Waals surface area (Å²) in [6.45, 7) is 9.23. The first kappa shape index (κ1) is 41.5. The third kappa shape index (κ3) is 14.7. The zero-order valence-corrected chi connectivity index (χ0v) is 31.2. The Morgan fingerprint density at radius 1 is 0.898 bits per heavy atom. The van der Waals surface area contributed by atoms with Gasteiger partial charge in [0.2, 0.25) is 15.9 Å². The number of carbonyl (C=O) groups excluding carboxylic acids is 2. The SMILES string of the molecule is CC(C)CN(C[C@@H](O)[C@H](Cc1ccccc1)NC(=O)[C@@H](NC(=O)OCc1ccccc1)C(C)(C)C)S(=O)(=O)c1ccccc1.CN=CSC. The molecule has 3 aromatic rings. The summed E-state index contributed by atoms with van der Waals surface area (Å²) in [6.07, 6.45) is 0.208. The Labute approximate surface area is 296 Å². The van der Waals surface area contributed by atoms with E-state index >= 15 is 0 Å². The molecule has 10 nitrogen and oxygen atoms in total. The Morgan fingerprint density at radius 2 is 1.43 bits per heavy atom. The van der Waals surface area contributed by atoms with Gasteiger partial charge >= 0.3 is 6.09 Å². The minimum absolute atomic E-state index is 0.0146. The van der Waals surface area contributed by atoms with Crippen molar-refractivity contribution in [1.82, 2.24) is 14.9 Å². The average molecular weight is 713 g/mol. The summed E-state index contributed by atoms with van der Waals surface area (Å²) in [5, 5.41) is 17.2. The van der Waals surface area contributed by atoms with Gasteiger partial charge in [-0.05, 0) is 47.3 Å². The van der Waals surface area contributed by atoms with Crippen molar-refractivity contribution in [3.63, 3.8) is 0 Å². The van der Waals surface area contributed by atoms with Gasteiger partial charge in [0.25, 0.3) is 0 Å². The van der Waals surface area contributed by atoms with E-state index in [1.165, 1.54) is 16.4 Å². The summed E-state index contributed by atoms with van der Waals surface area (Å²) in [5.41, 5.74) is 2.74. The average Bonchev–Trinajstić information content (AvgIpc) is 3.07. The first-order chi connectivity index (χ1) is 23.2. The summed E-state index contributed by atoms with van der Waals surface area (Å²) in [6, 6.07) is 24.8. The van der Waals surface area contributed by atoms with Crippen LogP contribution in [-0.2, 0) is 32.6 Å². The van der Waals surface area contributed by atoms with Gasteiger partial charge in [0.1, 0.15) is 12.6 Å². The van der Waals surface area contributed by atoms with Gasteiger partial charge in [0.05, 0.1) is 22.6 Å². The molecule has 0 aliphatic rings. The molecule has 2 amide bonds. The van der Waals surface area contributed by atoms with Gasteiger partial charge in [-0.1, -0.05) is 113 Å². The number of amides is 2. The molecule has 0 fully saturated rings. The molecule has 3 atom stereocenters. The Morgan fingerprint density at radius 3 is 1.90 bits per heavy atom. The lowest BCUT2D eigenvalue weighted by Gasteiger charge is -2.34. The Hall–Kier alpha value is -3.71. The van der Waals surface area contributed by atoms with Crippen molar-refractivity contribution in [1.29, 1.82) is 0 Å². The van der Waals surface area contributed by atoms with Crippen molar-refractivity contribution in [2.45, 2.75) is 70.7 Å². The summed E-state index contributed by atoms with van der Waals surface area (Å²) in [7, 11) is -2.16. The number of aliphatic imine (C=N–C) groups is 1. The largest absolute Gasteiger partial charge is 0.445 e. The van der Waals surface area contributed by atoms with Gasteiger partial charge in [-0.25, -0.2) is 13.2 Å². The van der Waals surface area contributed by atoms with Gasteiger partial charge in [0, 0.05) is 20.1 Å². The van der Waals surface area contributed by atoms with E-state index in [0.717, 1.165) is 11.1 Å². The van der Waals surface area contributed by atoms with Gasteiger partial charge in [-0.2, -0.15) is 4.31 Å². The molecule has 12 heteroatoms. The number of hydrogen-bond donors (Lipinski definition) is 3. The first-order valence-corrected chi connectivity index (χ1v) is 18.9. The molecule has 0 saturated carbocycles. The third-order valence-electron chi connectivity index (χ3n) is 7.24. The number of hydrogen-bond acceptors (Lipinski definition) is 8. The van der Waals surface area contributed by atoms with Crippen LogP contribution in [0.5, 0.6) is 0 Å². The topological polar surface area (TPSA) is 137 Å². The van der Waals surface area contributed by atoms with Crippen molar-refractivity contribution >= 4 is 39.3 Å². The molecule has 268 valence electrons. The van der Waals surface area contributed by atoms with Crippen molar-refractivity contribution in [2.24, 2.45) is 16.3 Å². The molecule has 0 aliphatic heterocycles. The molecule has 0 spiro atoms. The third-order valence-corrected chi connectivity index (χ3v) is 9.51. The first-order valence-electron chi connectivity index (χ1n) is 16.2. The number of aliphatic hydroxyl groups excluding tert-OH is 1. The fourth-order valence-corrected chi connectivity index (χ4v) is 6.69. The maximum Gasteiger partial charge on any atom is 0.408 e. The molecular formula is C37H52N4O6S2. The Bertz CT molecular complexity index is 1530. The zero-order chi connectivity index (χ0) is 36.5. The molecule has 3 N–H and O–H groups in total. The van der Waals surface area contributed by atoms with E-state index < -0.39 is 45.6 Å². The predicted octanol–water partition coefficient (Wildman–Crippen LogP) is 5.77. The number of ether oxygens (including phenoxy) is 1. The van der Waals surface area contributed by atoms with Crippen LogP contribution in [0.3, 0.4) is 0 Å². The van der Waals surface area contributed by atoms with Crippen LogP contribution in [0.4, 0.5) is 4.79 Å². The monoisotopic (exact) mass is 712 g/mol. The van der Waals surface area contributed by atoms with Gasteiger partial charge in [-0.15, -0.1) is 11.8 Å². The summed E-state index contributed by atoms with van der Waals surface area (Å²) >= 11 is 1.61. The quantitative estimate of drug-likeness (QED) is 0.134. The number of nitrogens with zero attached hydrogens (tertiary/aromatic N) is 2. The second-order valence-electron chi connectivity index (χ2n) is 13.0. The normalized spacial score (nSPS) is 13.7. The summed E-state index contributed by atoms with van der Waals surface area (Å²) in [4.78, 5) is 30.3. The Kier molecular flexibility index (Phi) is 17.5. The van der Waals surface area contributed by atoms with Gasteiger partial charge in [0.15, 0.2) is 0 Å². The highest BCUT2D eigenvalue weighted by molar-refractivity contribution is 8.11. The molecule has 3 aromatic carbocycles. The van der Waals surface area contributed by atoms with Crippen LogP contribution in [0, 0.1) is 11.3 Å². The van der Waals surface area contributed by atoms with E-state index in [2.05, 4.69) is 15.6 Å². The van der Waals surface area contributed by atoms with Gasteiger partial charge in [-0.3, -0.25) is 9.79 Å². The molecule has 0 aliphatic carbocycles. The zero-order valence-electron chi connectivity index (χ0n) is 29.6. The number of nitrogens with one attached hydrogen (secondary N) is 2. The summed E-state index contributed by atoms with van der Waals surface area (Å²) < 4.78 is 33.8. The second-order valence-corrected chi connectivity index (χ2v) is 15.6. The molecule has 49 heavy (non-hydrogen) atoms. The summed E-state index contributed by atoms with van der Waals surface area (Å²) in [5.74, 6) is -0.533. The standard InChI is InChI=1S/C34H45N3O6S.C3H7NS/c1-25(2)22-37(44(41,42)28-19-13-8-14-20-28)23-30(38)29(21-26-15-9-6-10-16-26)35-32(39)31(34(3,4)5)36-33(40)43-24-27-17-11-7-12-18-27;1-4-3-5-2/h6-20,25,29-31,38H,21-24H2,1-5H3,(H,35,39)(H,36,40);3H,1-2H3/t29-,30+,31+;/m0./s1. The molecule has 0 radical (unpaired) electrons. The van der Waals surface area contributed by atoms with E-state index in [9.17, 15) is 23.1 Å². The van der Waals surface area contributed by atoms with E-state index in [1.807, 2.05) is 102 Å². The lowest BCUT2D eigenvalue weighted by Crippen LogP contribution is -2.58. The van der Waals surface area contributed by atoms with Crippen LogP contribution in [-0.4, -0.2) is 80.0 Å². The highest BCUT2D eigenvalue weighted by Crippen LogP contribution is 2.22. The van der Waals surface area contributed by atoms with Crippen LogP contribution in [0.25, 0.3) is 0 Å². The molecule has 0 aromatic heterocycles. The van der Waals surface area contributed by atoms with Gasteiger partial charge < -0.3 is 20.5 Å². The lowest BCUT2D eigenvalue weighted by atomic mass is 9.85. The molecular weight excluding hydrogens is 661 g/mol. The van der Waals surface area contributed by atoms with Crippen molar-refractivity contribution in [3.05, 3.63) is 102 Å². The number of aliphatic hydroxyl groups is 1. The minimum atomic E-state index is -3.92.